The highest BCUT2D eigenvalue weighted by molar-refractivity contribution is 7.97. The van der Waals surface area contributed by atoms with Gasteiger partial charge in [-0.2, -0.15) is 0 Å². The first-order valence-corrected chi connectivity index (χ1v) is 18.0. The molecule has 0 spiro atoms. The summed E-state index contributed by atoms with van der Waals surface area (Å²) in [6.07, 6.45) is 0. The summed E-state index contributed by atoms with van der Waals surface area (Å²) in [6, 6.07) is 1.20. The highest BCUT2D eigenvalue weighted by atomic mass is 32.3. The Kier molecular flexibility index (Phi) is 7.67. The molecule has 0 saturated heterocycles. The summed E-state index contributed by atoms with van der Waals surface area (Å²) < 4.78 is 53.4. The van der Waals surface area contributed by atoms with Crippen LogP contribution in [0.5, 0.6) is 0 Å². The van der Waals surface area contributed by atoms with E-state index in [2.05, 4.69) is 46.8 Å². The van der Waals surface area contributed by atoms with E-state index < -0.39 is 36.2 Å². The Bertz CT molecular complexity index is 558. The van der Waals surface area contributed by atoms with Crippen molar-refractivity contribution in [3.63, 3.8) is 0 Å². The maximum atomic E-state index is 11.7. The van der Waals surface area contributed by atoms with E-state index in [9.17, 15) is 16.8 Å². The quantitative estimate of drug-likeness (QED) is 0.596. The molecule has 0 saturated carbocycles. The maximum absolute atomic E-state index is 11.7. The molecule has 126 valence electrons. The summed E-state index contributed by atoms with van der Waals surface area (Å²) >= 11 is 0.273. The first-order valence-electron chi connectivity index (χ1n) is 6.68. The van der Waals surface area contributed by atoms with Gasteiger partial charge in [0.05, 0.1) is 22.9 Å². The number of sulfonamides is 2. The van der Waals surface area contributed by atoms with Crippen molar-refractivity contribution in [1.82, 2.24) is 0 Å². The first-order chi connectivity index (χ1) is 9.12. The predicted octanol–water partition coefficient (Wildman–Crippen LogP) is 2.77. The Morgan fingerprint density at radius 2 is 1.00 bits per heavy atom. The molecule has 0 atom stereocenters. The van der Waals surface area contributed by atoms with Crippen LogP contribution in [0.2, 0.25) is 51.4 Å². The van der Waals surface area contributed by atoms with Gasteiger partial charge < -0.3 is 0 Å². The van der Waals surface area contributed by atoms with Crippen LogP contribution in [0.3, 0.4) is 0 Å². The van der Waals surface area contributed by atoms with Crippen molar-refractivity contribution in [2.75, 3.05) is 11.5 Å². The van der Waals surface area contributed by atoms with Gasteiger partial charge in [0, 0.05) is 16.1 Å². The molecule has 0 aromatic carbocycles. The molecule has 0 aliphatic carbocycles. The van der Waals surface area contributed by atoms with Crippen molar-refractivity contribution in [1.29, 1.82) is 0 Å². The molecule has 0 radical (unpaired) electrons. The van der Waals surface area contributed by atoms with Crippen LogP contribution in [0.25, 0.3) is 0 Å². The molecule has 21 heavy (non-hydrogen) atoms. The number of nitrogens with zero attached hydrogens (tertiary/aromatic N) is 2. The summed E-state index contributed by atoms with van der Waals surface area (Å²) in [5.41, 5.74) is 0. The van der Waals surface area contributed by atoms with E-state index in [0.29, 0.717) is 12.1 Å². The standard InChI is InChI=1S/C10H26N2O4S3Si2/c1-20(2,3)9-7-18(13,14)11-17-12-19(15,16)8-10-21(4,5)6/h7-10H2,1-6H3. The molecule has 0 heterocycles. The molecular formula is C10H26N2O4S3Si2. The average molecular weight is 391 g/mol. The summed E-state index contributed by atoms with van der Waals surface area (Å²) in [5.74, 6) is -0.0829. The molecule has 0 aromatic heterocycles. The summed E-state index contributed by atoms with van der Waals surface area (Å²) in [4.78, 5) is 0. The number of hydrogen-bond acceptors (Lipinski definition) is 4. The highest BCUT2D eigenvalue weighted by Crippen LogP contribution is 2.12. The third-order valence-corrected chi connectivity index (χ3v) is 10.5. The van der Waals surface area contributed by atoms with Gasteiger partial charge in [-0.15, -0.1) is 0 Å². The van der Waals surface area contributed by atoms with Gasteiger partial charge in [-0.05, 0) is 12.1 Å². The minimum Gasteiger partial charge on any atom is -0.204 e. The Morgan fingerprint density at radius 3 is 1.24 bits per heavy atom. The lowest BCUT2D eigenvalue weighted by molar-refractivity contribution is 0.598. The third-order valence-electron chi connectivity index (χ3n) is 2.51. The molecule has 0 unspecified atom stereocenters. The highest BCUT2D eigenvalue weighted by Gasteiger charge is 2.19. The molecule has 0 fully saturated rings. The second-order valence-electron chi connectivity index (χ2n) is 7.42. The van der Waals surface area contributed by atoms with Crippen molar-refractivity contribution < 1.29 is 16.8 Å². The largest absolute Gasteiger partial charge is 0.264 e. The Labute approximate surface area is 134 Å². The van der Waals surface area contributed by atoms with E-state index in [1.54, 1.807) is 0 Å². The van der Waals surface area contributed by atoms with Gasteiger partial charge in [-0.3, -0.25) is 0 Å². The molecule has 0 N–H and O–H groups in total. The fourth-order valence-corrected chi connectivity index (χ4v) is 9.79. The molecule has 6 nitrogen and oxygen atoms in total. The van der Waals surface area contributed by atoms with E-state index in [4.69, 9.17) is 0 Å². The predicted molar refractivity (Wildman–Crippen MR) is 96.1 cm³/mol. The number of rotatable bonds is 8. The van der Waals surface area contributed by atoms with Gasteiger partial charge >= 0.3 is 0 Å². The molecule has 0 bridgehead atoms. The smallest absolute Gasteiger partial charge is 0.204 e. The summed E-state index contributed by atoms with van der Waals surface area (Å²) in [7, 11) is -10.2. The monoisotopic (exact) mass is 390 g/mol. The fourth-order valence-electron chi connectivity index (χ4n) is 1.06. The topological polar surface area (TPSA) is 93.0 Å². The fraction of sp³-hybridized carbons (Fsp3) is 1.00. The van der Waals surface area contributed by atoms with E-state index in [-0.39, 0.29) is 22.9 Å². The minimum absolute atomic E-state index is 0.0415. The van der Waals surface area contributed by atoms with Gasteiger partial charge in [-0.25, -0.2) is 16.8 Å². The zero-order chi connectivity index (χ0) is 16.9. The molecule has 0 aliphatic rings. The molecule has 0 amide bonds. The van der Waals surface area contributed by atoms with Crippen molar-refractivity contribution in [2.45, 2.75) is 51.4 Å². The van der Waals surface area contributed by atoms with Crippen LogP contribution in [0.4, 0.5) is 0 Å². The zero-order valence-corrected chi connectivity index (χ0v) is 18.0. The van der Waals surface area contributed by atoms with Crippen LogP contribution < -0.4 is 0 Å². The van der Waals surface area contributed by atoms with E-state index in [1.165, 1.54) is 0 Å². The SMILES string of the molecule is C[Si](C)(C)CCS(=O)(=O)N=S=NS(=O)(=O)CC[Si](C)(C)C. The van der Waals surface area contributed by atoms with Crippen LogP contribution in [0.15, 0.2) is 7.54 Å². The van der Waals surface area contributed by atoms with E-state index in [0.717, 1.165) is 0 Å². The van der Waals surface area contributed by atoms with Gasteiger partial charge in [0.2, 0.25) is 0 Å². The molecule has 0 rings (SSSR count). The lowest BCUT2D eigenvalue weighted by atomic mass is 11.0. The van der Waals surface area contributed by atoms with E-state index in [1.807, 2.05) is 0 Å². The van der Waals surface area contributed by atoms with Crippen LogP contribution >= 0.6 is 0 Å². The molecule has 11 heteroatoms. The molecule has 0 aliphatic heterocycles. The number of hydrogen-bond donors (Lipinski definition) is 0. The van der Waals surface area contributed by atoms with Gasteiger partial charge in [0.15, 0.2) is 0 Å². The molecule has 0 aromatic rings. The van der Waals surface area contributed by atoms with Crippen molar-refractivity contribution in [2.24, 2.45) is 7.54 Å². The maximum Gasteiger partial charge on any atom is 0.264 e. The normalized spacial score (nSPS) is 13.8. The molecular weight excluding hydrogens is 364 g/mol. The van der Waals surface area contributed by atoms with Gasteiger partial charge in [-0.1, -0.05) is 46.8 Å². The van der Waals surface area contributed by atoms with Crippen LogP contribution in [0.1, 0.15) is 0 Å². The van der Waals surface area contributed by atoms with Gasteiger partial charge in [0.25, 0.3) is 20.0 Å². The second kappa shape index (κ2) is 7.62. The average Bonchev–Trinajstić information content (AvgIpc) is 2.22. The van der Waals surface area contributed by atoms with Crippen molar-refractivity contribution >= 4 is 47.5 Å². The second-order valence-corrected chi connectivity index (χ2v) is 23.2. The minimum atomic E-state index is -3.61. The Hall–Kier alpha value is 0.154. The Balaban J connectivity index is 4.78. The van der Waals surface area contributed by atoms with Gasteiger partial charge in [0.1, 0.15) is 0 Å². The third kappa shape index (κ3) is 13.5. The van der Waals surface area contributed by atoms with Crippen LogP contribution in [-0.2, 0) is 31.4 Å². The lowest BCUT2D eigenvalue weighted by Gasteiger charge is -2.13. The first kappa shape index (κ1) is 21.2. The van der Waals surface area contributed by atoms with Crippen LogP contribution in [0, 0.1) is 0 Å². The van der Waals surface area contributed by atoms with Crippen LogP contribution in [-0.4, -0.2) is 44.5 Å². The van der Waals surface area contributed by atoms with Crippen molar-refractivity contribution in [3.05, 3.63) is 0 Å². The van der Waals surface area contributed by atoms with Crippen molar-refractivity contribution in [3.8, 4) is 0 Å². The summed E-state index contributed by atoms with van der Waals surface area (Å²) in [6.45, 7) is 12.4. The zero-order valence-electron chi connectivity index (χ0n) is 13.6. The van der Waals surface area contributed by atoms with E-state index >= 15 is 0 Å². The lowest BCUT2D eigenvalue weighted by Crippen LogP contribution is -2.23. The Morgan fingerprint density at radius 1 is 0.714 bits per heavy atom. The summed E-state index contributed by atoms with van der Waals surface area (Å²) in [5, 5.41) is 0.